The van der Waals surface area contributed by atoms with Crippen molar-refractivity contribution in [3.63, 3.8) is 0 Å². The zero-order chi connectivity index (χ0) is 22.1. The molecule has 14 heteroatoms. The van der Waals surface area contributed by atoms with E-state index in [0.29, 0.717) is 5.69 Å². The van der Waals surface area contributed by atoms with Crippen molar-refractivity contribution in [3.05, 3.63) is 52.0 Å². The number of aromatic amines is 1. The number of esters is 1. The molecule has 0 radical (unpaired) electrons. The lowest BCUT2D eigenvalue weighted by Gasteiger charge is -2.02. The van der Waals surface area contributed by atoms with Crippen LogP contribution < -0.4 is 22.8 Å². The van der Waals surface area contributed by atoms with Gasteiger partial charge >= 0.3 is 5.97 Å². The van der Waals surface area contributed by atoms with Gasteiger partial charge in [0.1, 0.15) is 11.3 Å². The lowest BCUT2D eigenvalue weighted by molar-refractivity contribution is 0.0595. The third-order valence-electron chi connectivity index (χ3n) is 2.96. The van der Waals surface area contributed by atoms with E-state index >= 15 is 0 Å². The van der Waals surface area contributed by atoms with Gasteiger partial charge < -0.3 is 21.9 Å². The van der Waals surface area contributed by atoms with Gasteiger partial charge in [0.2, 0.25) is 5.95 Å². The van der Waals surface area contributed by atoms with Gasteiger partial charge in [-0.05, 0) is 30.2 Å². The summed E-state index contributed by atoms with van der Waals surface area (Å²) in [6, 6.07) is 2.78. The summed E-state index contributed by atoms with van der Waals surface area (Å²) < 4.78 is 17.1. The van der Waals surface area contributed by atoms with E-state index in [1.54, 1.807) is 12.3 Å². The molecular weight excluding hydrogens is 442 g/mol. The van der Waals surface area contributed by atoms with Crippen molar-refractivity contribution in [2.24, 2.45) is 5.73 Å². The number of amidine groups is 1. The van der Waals surface area contributed by atoms with Gasteiger partial charge in [-0.25, -0.2) is 24.1 Å². The van der Waals surface area contributed by atoms with E-state index in [4.69, 9.17) is 16.9 Å². The van der Waals surface area contributed by atoms with Gasteiger partial charge in [-0.2, -0.15) is 0 Å². The molecule has 0 saturated heterocycles. The van der Waals surface area contributed by atoms with Crippen LogP contribution in [0, 0.1) is 18.2 Å². The Hall–Kier alpha value is -3.51. The van der Waals surface area contributed by atoms with Crippen molar-refractivity contribution in [2.45, 2.75) is 6.92 Å². The van der Waals surface area contributed by atoms with E-state index in [1.165, 1.54) is 7.11 Å². The van der Waals surface area contributed by atoms with Gasteiger partial charge in [0.05, 0.1) is 19.0 Å². The van der Waals surface area contributed by atoms with Crippen molar-refractivity contribution in [1.82, 2.24) is 19.9 Å². The maximum Gasteiger partial charge on any atom is 0.358 e. The number of pyridine rings is 2. The minimum absolute atomic E-state index is 0. The topological polar surface area (TPSA) is 200 Å². The van der Waals surface area contributed by atoms with Crippen molar-refractivity contribution in [3.8, 4) is 0 Å². The summed E-state index contributed by atoms with van der Waals surface area (Å²) in [7, 11) is 1.29. The fourth-order valence-corrected chi connectivity index (χ4v) is 1.88. The number of nitrogen functional groups attached to an aromatic ring is 2. The Labute approximate surface area is 180 Å². The number of nitrogens with one attached hydrogen (secondary N) is 2. The summed E-state index contributed by atoms with van der Waals surface area (Å²) in [6.45, 7) is 1.85. The first-order valence-corrected chi connectivity index (χ1v) is 8.04. The molecule has 0 aromatic carbocycles. The second-order valence-electron chi connectivity index (χ2n) is 5.26. The summed E-state index contributed by atoms with van der Waals surface area (Å²) in [4.78, 5) is 35.5. The largest absolute Gasteiger partial charge is 0.464 e. The second-order valence-corrected chi connectivity index (χ2v) is 5.67. The number of hydrogen-bond acceptors (Lipinski definition) is 9. The van der Waals surface area contributed by atoms with Gasteiger partial charge in [-0.3, -0.25) is 15.2 Å². The number of hydrogen-bond donors (Lipinski definition) is 5. The van der Waals surface area contributed by atoms with E-state index in [0.717, 1.165) is 17.8 Å². The molecule has 0 unspecified atom stereocenters. The van der Waals surface area contributed by atoms with Gasteiger partial charge in [0.25, 0.3) is 5.56 Å². The summed E-state index contributed by atoms with van der Waals surface area (Å²) in [5.74, 6) is -1.11. The fourth-order valence-electron chi connectivity index (χ4n) is 1.88. The molecule has 0 aliphatic heterocycles. The smallest absolute Gasteiger partial charge is 0.358 e. The zero-order valence-corrected chi connectivity index (χ0v) is 17.3. The summed E-state index contributed by atoms with van der Waals surface area (Å²) >= 11 is 4.64. The molecular formula is C16H19Cl2FN8O3. The van der Waals surface area contributed by atoms with Crippen molar-refractivity contribution < 1.29 is 13.9 Å². The first-order chi connectivity index (χ1) is 13.5. The highest BCUT2D eigenvalue weighted by Crippen LogP contribution is 2.10. The van der Waals surface area contributed by atoms with Crippen LogP contribution >= 0.6 is 24.0 Å². The molecule has 3 rings (SSSR count). The molecule has 0 spiro atoms. The minimum atomic E-state index is -0.551. The molecule has 0 amide bonds. The third-order valence-corrected chi connectivity index (χ3v) is 2.96. The number of anilines is 2. The van der Waals surface area contributed by atoms with Gasteiger partial charge in [0, 0.05) is 12.3 Å². The predicted molar refractivity (Wildman–Crippen MR) is 114 cm³/mol. The fraction of sp³-hybridized carbons (Fsp3) is 0.125. The molecule has 0 aliphatic rings. The van der Waals surface area contributed by atoms with Gasteiger partial charge in [0.15, 0.2) is 16.5 Å². The number of H-pyrrole nitrogens is 1. The second kappa shape index (κ2) is 12.1. The maximum atomic E-state index is 12.6. The Morgan fingerprint density at radius 2 is 1.87 bits per heavy atom. The summed E-state index contributed by atoms with van der Waals surface area (Å²) in [5.41, 5.74) is 16.5. The molecule has 0 atom stereocenters. The Kier molecular flexibility index (Phi) is 10.7. The highest BCUT2D eigenvalue weighted by atomic mass is 35.5. The molecule has 3 heterocycles. The number of methoxy groups -OCH3 is 1. The quantitative estimate of drug-likeness (QED) is 0.153. The van der Waals surface area contributed by atoms with Crippen LogP contribution in [-0.4, -0.2) is 38.3 Å². The SMILES string of the molecule is COC(=O)c1ncc(C)cc1N.Cl.N=C(N)Cl.Nc1nc2cc(F)cnc2c(=O)[nH]1. The number of carbonyl (C=O) groups excluding carboxylic acids is 1. The van der Waals surface area contributed by atoms with E-state index in [1.807, 2.05) is 6.92 Å². The van der Waals surface area contributed by atoms with Crippen LogP contribution in [-0.2, 0) is 4.74 Å². The average molecular weight is 461 g/mol. The molecule has 0 fully saturated rings. The van der Waals surface area contributed by atoms with E-state index in [9.17, 15) is 14.0 Å². The number of nitrogens with two attached hydrogens (primary N) is 3. The Balaban J connectivity index is 0.000000466. The van der Waals surface area contributed by atoms with Crippen LogP contribution in [0.15, 0.2) is 29.3 Å². The number of aromatic nitrogens is 4. The molecule has 11 nitrogen and oxygen atoms in total. The summed E-state index contributed by atoms with van der Waals surface area (Å²) in [6.07, 6.45) is 2.53. The Morgan fingerprint density at radius 3 is 2.40 bits per heavy atom. The first-order valence-electron chi connectivity index (χ1n) is 7.66. The average Bonchev–Trinajstić information content (AvgIpc) is 2.60. The van der Waals surface area contributed by atoms with Gasteiger partial charge in [-0.15, -0.1) is 12.4 Å². The van der Waals surface area contributed by atoms with E-state index in [-0.39, 0.29) is 40.4 Å². The number of halogens is 3. The minimum Gasteiger partial charge on any atom is -0.464 e. The number of carbonyl (C=O) groups is 1. The number of nitrogens with zero attached hydrogens (tertiary/aromatic N) is 3. The molecule has 0 aliphatic carbocycles. The first kappa shape index (κ1) is 26.5. The van der Waals surface area contributed by atoms with Crippen molar-refractivity contribution in [1.29, 1.82) is 5.41 Å². The summed E-state index contributed by atoms with van der Waals surface area (Å²) in [5, 5.41) is 5.68. The van der Waals surface area contributed by atoms with Crippen LogP contribution in [0.4, 0.5) is 16.0 Å². The Morgan fingerprint density at radius 1 is 1.27 bits per heavy atom. The van der Waals surface area contributed by atoms with Gasteiger partial charge in [-0.1, -0.05) is 0 Å². The normalized spacial score (nSPS) is 9.20. The molecule has 8 N–H and O–H groups in total. The third kappa shape index (κ3) is 8.24. The molecule has 162 valence electrons. The van der Waals surface area contributed by atoms with Crippen LogP contribution in [0.5, 0.6) is 0 Å². The zero-order valence-electron chi connectivity index (χ0n) is 15.8. The molecule has 0 saturated carbocycles. The lowest BCUT2D eigenvalue weighted by Crippen LogP contribution is -2.12. The predicted octanol–water partition coefficient (Wildman–Crippen LogP) is 1.34. The monoisotopic (exact) mass is 460 g/mol. The molecule has 3 aromatic rings. The van der Waals surface area contributed by atoms with E-state index < -0.39 is 17.3 Å². The number of aryl methyl sites for hydroxylation is 1. The molecule has 3 aromatic heterocycles. The van der Waals surface area contributed by atoms with Crippen LogP contribution in [0.2, 0.25) is 0 Å². The molecule has 30 heavy (non-hydrogen) atoms. The Bertz CT molecular complexity index is 1080. The lowest BCUT2D eigenvalue weighted by atomic mass is 10.2. The number of ether oxygens (including phenoxy) is 1. The molecule has 0 bridgehead atoms. The maximum absolute atomic E-state index is 12.6. The van der Waals surface area contributed by atoms with Crippen LogP contribution in [0.3, 0.4) is 0 Å². The number of rotatable bonds is 1. The van der Waals surface area contributed by atoms with Crippen molar-refractivity contribution >= 4 is 57.9 Å². The number of fused-ring (bicyclic) bond motifs is 1. The highest BCUT2D eigenvalue weighted by molar-refractivity contribution is 6.63. The standard InChI is InChI=1S/C8H10N2O2.C7H5FN4O.CH3ClN2.ClH/c1-5-3-6(9)7(10-4-5)8(11)12-2;8-3-1-4-5(10-2-3)6(13)12-7(9)11-4;2-1(3)4;/h3-4H,9H2,1-2H3;1-2H,(H3,9,11,12,13);(H3,3,4);1H. The highest BCUT2D eigenvalue weighted by Gasteiger charge is 2.10. The van der Waals surface area contributed by atoms with E-state index in [2.05, 4.69) is 42.0 Å². The van der Waals surface area contributed by atoms with Crippen LogP contribution in [0.25, 0.3) is 11.0 Å². The van der Waals surface area contributed by atoms with Crippen molar-refractivity contribution in [2.75, 3.05) is 18.6 Å². The van der Waals surface area contributed by atoms with Crippen LogP contribution in [0.1, 0.15) is 16.1 Å².